The summed E-state index contributed by atoms with van der Waals surface area (Å²) in [5, 5.41) is 10.2. The van der Waals surface area contributed by atoms with Gasteiger partial charge >= 0.3 is 11.7 Å². The smallest absolute Gasteiger partial charge is 0.329 e. The number of para-hydroxylation sites is 2. The number of rotatable bonds is 6. The number of ether oxygens (including phenoxy) is 1. The Kier molecular flexibility index (Phi) is 4.89. The Morgan fingerprint density at radius 1 is 1.10 bits per heavy atom. The van der Waals surface area contributed by atoms with Crippen molar-refractivity contribution in [3.63, 3.8) is 0 Å². The van der Waals surface area contributed by atoms with E-state index in [4.69, 9.17) is 9.84 Å². The first kappa shape index (κ1) is 19.8. The van der Waals surface area contributed by atoms with Crippen molar-refractivity contribution in [3.8, 4) is 5.75 Å². The van der Waals surface area contributed by atoms with Gasteiger partial charge in [-0.25, -0.2) is 4.79 Å². The van der Waals surface area contributed by atoms with Crippen LogP contribution in [0.1, 0.15) is 23.2 Å². The summed E-state index contributed by atoms with van der Waals surface area (Å²) in [6.07, 6.45) is -0.104. The fourth-order valence-electron chi connectivity index (χ4n) is 4.22. The van der Waals surface area contributed by atoms with Crippen molar-refractivity contribution in [2.75, 3.05) is 7.11 Å². The van der Waals surface area contributed by atoms with E-state index in [2.05, 4.69) is 18.4 Å². The molecule has 2 aromatic heterocycles. The second-order valence-corrected chi connectivity index (χ2v) is 7.60. The Hall–Kier alpha value is -3.48. The van der Waals surface area contributed by atoms with Crippen LogP contribution >= 0.6 is 0 Å². The average Bonchev–Trinajstić information content (AvgIpc) is 3.12. The number of hydrogen-bond donors (Lipinski definition) is 1. The van der Waals surface area contributed by atoms with Crippen molar-refractivity contribution in [2.45, 2.75) is 33.4 Å². The molecule has 0 amide bonds. The lowest BCUT2D eigenvalue weighted by Crippen LogP contribution is -2.25. The summed E-state index contributed by atoms with van der Waals surface area (Å²) in [5.41, 5.74) is 5.70. The molecule has 0 bridgehead atoms. The van der Waals surface area contributed by atoms with Crippen LogP contribution in [-0.2, 0) is 24.9 Å². The molecule has 2 aromatic carbocycles. The Morgan fingerprint density at radius 2 is 1.77 bits per heavy atom. The maximum atomic E-state index is 13.2. The van der Waals surface area contributed by atoms with Gasteiger partial charge in [0.2, 0.25) is 0 Å². The van der Waals surface area contributed by atoms with Crippen molar-refractivity contribution < 1.29 is 14.6 Å². The molecule has 0 spiro atoms. The van der Waals surface area contributed by atoms with Crippen molar-refractivity contribution in [1.82, 2.24) is 13.7 Å². The van der Waals surface area contributed by atoms with Crippen LogP contribution in [0.15, 0.2) is 41.2 Å². The minimum atomic E-state index is -0.928. The van der Waals surface area contributed by atoms with Crippen LogP contribution in [0.4, 0.5) is 0 Å². The van der Waals surface area contributed by atoms with Crippen LogP contribution in [0.25, 0.3) is 21.9 Å². The third-order valence-electron chi connectivity index (χ3n) is 5.99. The zero-order valence-corrected chi connectivity index (χ0v) is 17.6. The van der Waals surface area contributed by atoms with Gasteiger partial charge in [-0.15, -0.1) is 0 Å². The summed E-state index contributed by atoms with van der Waals surface area (Å²) in [4.78, 5) is 24.3. The molecular formula is C23H25N3O4. The third-order valence-corrected chi connectivity index (χ3v) is 5.99. The first-order chi connectivity index (χ1) is 14.3. The number of hydrogen-bond acceptors (Lipinski definition) is 3. The summed E-state index contributed by atoms with van der Waals surface area (Å²) in [7, 11) is 3.67. The average molecular weight is 407 g/mol. The van der Waals surface area contributed by atoms with Crippen LogP contribution in [0.5, 0.6) is 5.75 Å². The summed E-state index contributed by atoms with van der Waals surface area (Å²) < 4.78 is 10.9. The fourth-order valence-corrected chi connectivity index (χ4v) is 4.22. The number of aliphatic carboxylic acids is 1. The number of imidazole rings is 1. The molecule has 2 heterocycles. The molecule has 4 aromatic rings. The molecule has 4 rings (SSSR count). The number of nitrogens with zero attached hydrogens (tertiary/aromatic N) is 3. The van der Waals surface area contributed by atoms with Crippen molar-refractivity contribution in [1.29, 1.82) is 0 Å². The van der Waals surface area contributed by atoms with Gasteiger partial charge in [-0.1, -0.05) is 12.1 Å². The van der Waals surface area contributed by atoms with Gasteiger partial charge in [0.15, 0.2) is 0 Å². The lowest BCUT2D eigenvalue weighted by atomic mass is 10.1. The summed E-state index contributed by atoms with van der Waals surface area (Å²) in [6, 6.07) is 11.5. The number of aryl methyl sites for hydroxylation is 3. The summed E-state index contributed by atoms with van der Waals surface area (Å²) in [6.45, 7) is 4.67. The minimum absolute atomic E-state index is 0.104. The quantitative estimate of drug-likeness (QED) is 0.531. The topological polar surface area (TPSA) is 78.4 Å². The first-order valence-electron chi connectivity index (χ1n) is 9.85. The lowest BCUT2D eigenvalue weighted by Gasteiger charge is -2.11. The number of aromatic nitrogens is 3. The monoisotopic (exact) mass is 407 g/mol. The van der Waals surface area contributed by atoms with E-state index in [-0.39, 0.29) is 18.7 Å². The Morgan fingerprint density at radius 3 is 2.40 bits per heavy atom. The standard InChI is InChI=1S/C23H25N3O4/c1-14-15(2)24(3)22-16(11-17(30-4)12-18(14)22)13-26-20-8-6-5-7-19(20)25(23(26)29)10-9-21(27)28/h5-8,11-12H,9-10,13H2,1-4H3,(H,27,28). The molecule has 156 valence electrons. The van der Waals surface area contributed by atoms with Gasteiger partial charge in [0, 0.05) is 24.7 Å². The molecule has 0 unspecified atom stereocenters. The van der Waals surface area contributed by atoms with E-state index in [0.29, 0.717) is 6.54 Å². The van der Waals surface area contributed by atoms with Crippen LogP contribution < -0.4 is 10.4 Å². The van der Waals surface area contributed by atoms with E-state index in [1.807, 2.05) is 43.4 Å². The Balaban J connectivity index is 1.93. The second kappa shape index (κ2) is 7.40. The molecule has 0 radical (unpaired) electrons. The zero-order chi connectivity index (χ0) is 21.6. The predicted molar refractivity (Wildman–Crippen MR) is 116 cm³/mol. The highest BCUT2D eigenvalue weighted by atomic mass is 16.5. The SMILES string of the molecule is COc1cc(Cn2c(=O)n(CCC(=O)O)c3ccccc32)c2c(c1)c(C)c(C)n2C. The third kappa shape index (κ3) is 3.07. The molecule has 0 atom stereocenters. The molecule has 0 fully saturated rings. The van der Waals surface area contributed by atoms with Crippen LogP contribution in [0.3, 0.4) is 0 Å². The van der Waals surface area contributed by atoms with E-state index < -0.39 is 5.97 Å². The van der Waals surface area contributed by atoms with Crippen molar-refractivity contribution in [3.05, 3.63) is 63.7 Å². The fraction of sp³-hybridized carbons (Fsp3) is 0.304. The van der Waals surface area contributed by atoms with Crippen LogP contribution in [0, 0.1) is 13.8 Å². The van der Waals surface area contributed by atoms with E-state index in [1.54, 1.807) is 16.2 Å². The molecule has 30 heavy (non-hydrogen) atoms. The normalized spacial score (nSPS) is 11.5. The molecule has 0 saturated heterocycles. The minimum Gasteiger partial charge on any atom is -0.497 e. The van der Waals surface area contributed by atoms with E-state index in [1.165, 1.54) is 5.56 Å². The predicted octanol–water partition coefficient (Wildman–Crippen LogP) is 3.44. The molecule has 7 heteroatoms. The number of carboxylic acid groups (broad SMARTS) is 1. The van der Waals surface area contributed by atoms with Crippen LogP contribution in [0.2, 0.25) is 0 Å². The lowest BCUT2D eigenvalue weighted by molar-refractivity contribution is -0.137. The van der Waals surface area contributed by atoms with E-state index in [9.17, 15) is 9.59 Å². The molecule has 0 aliphatic carbocycles. The van der Waals surface area contributed by atoms with Gasteiger partial charge in [0.05, 0.1) is 36.6 Å². The molecule has 7 nitrogen and oxygen atoms in total. The highest BCUT2D eigenvalue weighted by Gasteiger charge is 2.18. The van der Waals surface area contributed by atoms with Gasteiger partial charge in [0.1, 0.15) is 5.75 Å². The molecule has 0 saturated carbocycles. The molecule has 1 N–H and O–H groups in total. The number of benzene rings is 2. The maximum Gasteiger partial charge on any atom is 0.329 e. The Labute approximate surface area is 173 Å². The molecule has 0 aliphatic rings. The van der Waals surface area contributed by atoms with Gasteiger partial charge in [-0.3, -0.25) is 13.9 Å². The first-order valence-corrected chi connectivity index (χ1v) is 9.85. The van der Waals surface area contributed by atoms with Gasteiger partial charge in [-0.2, -0.15) is 0 Å². The van der Waals surface area contributed by atoms with Crippen molar-refractivity contribution in [2.24, 2.45) is 7.05 Å². The van der Waals surface area contributed by atoms with Crippen LogP contribution in [-0.4, -0.2) is 31.9 Å². The molecule has 0 aliphatic heterocycles. The summed E-state index contributed by atoms with van der Waals surface area (Å²) in [5.74, 6) is -0.183. The van der Waals surface area contributed by atoms with Gasteiger partial charge in [0.25, 0.3) is 0 Å². The second-order valence-electron chi connectivity index (χ2n) is 7.60. The maximum absolute atomic E-state index is 13.2. The number of methoxy groups -OCH3 is 1. The molecular weight excluding hydrogens is 382 g/mol. The van der Waals surface area contributed by atoms with Gasteiger partial charge < -0.3 is 14.4 Å². The number of carboxylic acids is 1. The number of fused-ring (bicyclic) bond motifs is 2. The number of carbonyl (C=O) groups is 1. The highest BCUT2D eigenvalue weighted by Crippen LogP contribution is 2.32. The largest absolute Gasteiger partial charge is 0.497 e. The zero-order valence-electron chi connectivity index (χ0n) is 17.6. The highest BCUT2D eigenvalue weighted by molar-refractivity contribution is 5.89. The van der Waals surface area contributed by atoms with E-state index >= 15 is 0 Å². The summed E-state index contributed by atoms with van der Waals surface area (Å²) >= 11 is 0. The van der Waals surface area contributed by atoms with Crippen molar-refractivity contribution >= 4 is 27.9 Å². The van der Waals surface area contributed by atoms with E-state index in [0.717, 1.165) is 38.9 Å². The Bertz CT molecular complexity index is 1340. The van der Waals surface area contributed by atoms with Gasteiger partial charge in [-0.05, 0) is 49.2 Å².